The third-order valence-electron chi connectivity index (χ3n) is 2.58. The number of phenols is 4. The van der Waals surface area contributed by atoms with E-state index in [2.05, 4.69) is 10.5 Å². The van der Waals surface area contributed by atoms with Crippen LogP contribution in [0, 0.1) is 0 Å². The minimum atomic E-state index is -0.699. The molecule has 108 valence electrons. The predicted molar refractivity (Wildman–Crippen MR) is 74.6 cm³/mol. The first-order chi connectivity index (χ1) is 9.97. The first kappa shape index (κ1) is 14.2. The fraction of sp³-hybridized carbons (Fsp3) is 0. The van der Waals surface area contributed by atoms with Crippen molar-refractivity contribution in [3.8, 4) is 23.0 Å². The van der Waals surface area contributed by atoms with E-state index in [1.54, 1.807) is 12.1 Å². The highest BCUT2D eigenvalue weighted by Gasteiger charge is 2.12. The molecule has 7 nitrogen and oxygen atoms in total. The maximum Gasteiger partial charge on any atom is 0.271 e. The molecule has 2 rings (SSSR count). The van der Waals surface area contributed by atoms with Crippen LogP contribution in [0.2, 0.25) is 0 Å². The van der Waals surface area contributed by atoms with E-state index in [0.29, 0.717) is 5.56 Å². The average Bonchev–Trinajstić information content (AvgIpc) is 2.44. The second-order valence-corrected chi connectivity index (χ2v) is 4.16. The largest absolute Gasteiger partial charge is 0.508 e. The summed E-state index contributed by atoms with van der Waals surface area (Å²) in [5, 5.41) is 40.7. The number of phenolic OH excluding ortho intramolecular Hbond substituents is 4. The Morgan fingerprint density at radius 2 is 1.71 bits per heavy atom. The number of hydrogen-bond donors (Lipinski definition) is 5. The number of hydrazone groups is 1. The molecule has 0 aliphatic heterocycles. The van der Waals surface area contributed by atoms with Crippen LogP contribution in [0.1, 0.15) is 15.9 Å². The Hall–Kier alpha value is -3.22. The smallest absolute Gasteiger partial charge is 0.271 e. The number of amides is 1. The Morgan fingerprint density at radius 1 is 1.05 bits per heavy atom. The summed E-state index contributed by atoms with van der Waals surface area (Å²) in [5.41, 5.74) is 2.69. The summed E-state index contributed by atoms with van der Waals surface area (Å²) < 4.78 is 0. The van der Waals surface area contributed by atoms with Crippen molar-refractivity contribution in [3.63, 3.8) is 0 Å². The molecule has 0 bridgehead atoms. The van der Waals surface area contributed by atoms with Gasteiger partial charge in [0.25, 0.3) is 5.91 Å². The van der Waals surface area contributed by atoms with E-state index in [9.17, 15) is 25.2 Å². The number of carbonyl (C=O) groups is 1. The van der Waals surface area contributed by atoms with Gasteiger partial charge in [-0.2, -0.15) is 5.10 Å². The van der Waals surface area contributed by atoms with Crippen molar-refractivity contribution in [2.45, 2.75) is 0 Å². The van der Waals surface area contributed by atoms with E-state index >= 15 is 0 Å². The number of hydrogen-bond acceptors (Lipinski definition) is 6. The molecule has 0 saturated heterocycles. The molecule has 1 amide bonds. The summed E-state index contributed by atoms with van der Waals surface area (Å²) in [7, 11) is 0. The minimum absolute atomic E-state index is 0.0682. The molecule has 0 aromatic heterocycles. The van der Waals surface area contributed by atoms with Gasteiger partial charge in [-0.15, -0.1) is 0 Å². The van der Waals surface area contributed by atoms with Crippen molar-refractivity contribution in [2.75, 3.05) is 0 Å². The minimum Gasteiger partial charge on any atom is -0.508 e. The summed E-state index contributed by atoms with van der Waals surface area (Å²) in [6.45, 7) is 0. The van der Waals surface area contributed by atoms with Crippen molar-refractivity contribution >= 4 is 12.1 Å². The van der Waals surface area contributed by atoms with Crippen LogP contribution in [0.3, 0.4) is 0 Å². The molecule has 0 unspecified atom stereocenters. The zero-order valence-electron chi connectivity index (χ0n) is 10.7. The highest BCUT2D eigenvalue weighted by Crippen LogP contribution is 2.35. The number of aromatic hydroxyl groups is 4. The van der Waals surface area contributed by atoms with Crippen LogP contribution in [-0.4, -0.2) is 32.5 Å². The quantitative estimate of drug-likeness (QED) is 0.331. The maximum atomic E-state index is 11.7. The van der Waals surface area contributed by atoms with E-state index in [1.165, 1.54) is 18.3 Å². The number of carbonyl (C=O) groups excluding carboxylic acids is 1. The molecule has 0 saturated carbocycles. The van der Waals surface area contributed by atoms with E-state index in [1.807, 2.05) is 0 Å². The van der Waals surface area contributed by atoms with Crippen LogP contribution in [0.15, 0.2) is 41.5 Å². The van der Waals surface area contributed by atoms with Crippen LogP contribution < -0.4 is 5.43 Å². The Morgan fingerprint density at radius 3 is 2.33 bits per heavy atom. The summed E-state index contributed by atoms with van der Waals surface area (Å²) in [6.07, 6.45) is 1.32. The number of benzene rings is 2. The lowest BCUT2D eigenvalue weighted by atomic mass is 10.2. The summed E-state index contributed by atoms with van der Waals surface area (Å²) in [4.78, 5) is 11.7. The summed E-state index contributed by atoms with van der Waals surface area (Å²) in [5.74, 6) is -2.54. The van der Waals surface area contributed by atoms with Gasteiger partial charge in [-0.05, 0) is 29.8 Å². The second kappa shape index (κ2) is 5.83. The summed E-state index contributed by atoms with van der Waals surface area (Å²) in [6, 6.07) is 8.23. The van der Waals surface area contributed by atoms with Gasteiger partial charge in [0.15, 0.2) is 17.2 Å². The molecule has 5 N–H and O–H groups in total. The first-order valence-corrected chi connectivity index (χ1v) is 5.85. The van der Waals surface area contributed by atoms with Crippen LogP contribution >= 0.6 is 0 Å². The summed E-state index contributed by atoms with van der Waals surface area (Å²) >= 11 is 0. The molecule has 0 heterocycles. The first-order valence-electron chi connectivity index (χ1n) is 5.85. The average molecular weight is 288 g/mol. The van der Waals surface area contributed by atoms with Gasteiger partial charge in [0.2, 0.25) is 0 Å². The van der Waals surface area contributed by atoms with Crippen LogP contribution in [0.5, 0.6) is 23.0 Å². The zero-order valence-corrected chi connectivity index (χ0v) is 10.7. The molecule has 0 fully saturated rings. The van der Waals surface area contributed by atoms with Crippen molar-refractivity contribution in [3.05, 3.63) is 47.5 Å². The van der Waals surface area contributed by atoms with Gasteiger partial charge in [0.05, 0.1) is 6.21 Å². The number of nitrogens with zero attached hydrogens (tertiary/aromatic N) is 1. The number of nitrogens with one attached hydrogen (secondary N) is 1. The molecule has 2 aromatic rings. The van der Waals surface area contributed by atoms with Crippen LogP contribution in [-0.2, 0) is 0 Å². The van der Waals surface area contributed by atoms with Gasteiger partial charge in [0, 0.05) is 5.56 Å². The second-order valence-electron chi connectivity index (χ2n) is 4.16. The van der Waals surface area contributed by atoms with Crippen molar-refractivity contribution < 1.29 is 25.2 Å². The molecule has 0 aliphatic carbocycles. The van der Waals surface area contributed by atoms with Gasteiger partial charge in [0.1, 0.15) is 5.75 Å². The van der Waals surface area contributed by atoms with E-state index in [-0.39, 0.29) is 11.3 Å². The third-order valence-corrected chi connectivity index (χ3v) is 2.58. The molecule has 0 radical (unpaired) electrons. The Bertz CT molecular complexity index is 689. The molecule has 0 aliphatic rings. The number of rotatable bonds is 3. The predicted octanol–water partition coefficient (Wildman–Crippen LogP) is 1.27. The van der Waals surface area contributed by atoms with E-state index < -0.39 is 23.2 Å². The SMILES string of the molecule is O=C(N/N=C\c1cccc(O)c1)c1cc(O)c(O)c(O)c1. The van der Waals surface area contributed by atoms with E-state index in [0.717, 1.165) is 12.1 Å². The van der Waals surface area contributed by atoms with Crippen molar-refractivity contribution in [1.29, 1.82) is 0 Å². The van der Waals surface area contributed by atoms with Gasteiger partial charge >= 0.3 is 0 Å². The highest BCUT2D eigenvalue weighted by atomic mass is 16.3. The van der Waals surface area contributed by atoms with Gasteiger partial charge in [-0.3, -0.25) is 4.79 Å². The lowest BCUT2D eigenvalue weighted by molar-refractivity contribution is 0.0954. The Kier molecular flexibility index (Phi) is 3.94. The lowest BCUT2D eigenvalue weighted by Gasteiger charge is -2.04. The molecule has 21 heavy (non-hydrogen) atoms. The lowest BCUT2D eigenvalue weighted by Crippen LogP contribution is -2.17. The third kappa shape index (κ3) is 3.41. The van der Waals surface area contributed by atoms with Gasteiger partial charge in [-0.1, -0.05) is 12.1 Å². The Balaban J connectivity index is 2.08. The van der Waals surface area contributed by atoms with Crippen LogP contribution in [0.4, 0.5) is 0 Å². The normalized spacial score (nSPS) is 10.7. The van der Waals surface area contributed by atoms with Crippen LogP contribution in [0.25, 0.3) is 0 Å². The molecular formula is C14H12N2O5. The molecule has 0 spiro atoms. The molecular weight excluding hydrogens is 276 g/mol. The fourth-order valence-corrected chi connectivity index (χ4v) is 1.57. The highest BCUT2D eigenvalue weighted by molar-refractivity contribution is 5.96. The fourth-order valence-electron chi connectivity index (χ4n) is 1.57. The van der Waals surface area contributed by atoms with Gasteiger partial charge < -0.3 is 20.4 Å². The molecule has 7 heteroatoms. The van der Waals surface area contributed by atoms with Crippen molar-refractivity contribution in [1.82, 2.24) is 5.43 Å². The molecule has 2 aromatic carbocycles. The Labute approximate surface area is 119 Å². The van der Waals surface area contributed by atoms with Gasteiger partial charge in [-0.25, -0.2) is 5.43 Å². The zero-order chi connectivity index (χ0) is 15.4. The monoisotopic (exact) mass is 288 g/mol. The standard InChI is InChI=1S/C14H12N2O5/c17-10-3-1-2-8(4-10)7-15-16-14(21)9-5-11(18)13(20)12(19)6-9/h1-7,17-20H,(H,16,21)/b15-7-. The topological polar surface area (TPSA) is 122 Å². The maximum absolute atomic E-state index is 11.7. The van der Waals surface area contributed by atoms with E-state index in [4.69, 9.17) is 0 Å². The molecule has 0 atom stereocenters. The van der Waals surface area contributed by atoms with Crippen molar-refractivity contribution in [2.24, 2.45) is 5.10 Å².